The van der Waals surface area contributed by atoms with E-state index in [4.69, 9.17) is 17.0 Å². The number of hydrogen-bond acceptors (Lipinski definition) is 3. The average Bonchev–Trinajstić information content (AvgIpc) is 2.81. The van der Waals surface area contributed by atoms with Crippen molar-refractivity contribution in [2.75, 3.05) is 12.0 Å². The summed E-state index contributed by atoms with van der Waals surface area (Å²) in [5, 5.41) is 3.40. The molecule has 0 atom stereocenters. The van der Waals surface area contributed by atoms with Crippen molar-refractivity contribution in [3.05, 3.63) is 64.9 Å². The van der Waals surface area contributed by atoms with Crippen molar-refractivity contribution in [1.29, 1.82) is 0 Å². The van der Waals surface area contributed by atoms with E-state index in [1.807, 2.05) is 50.2 Å². The van der Waals surface area contributed by atoms with Gasteiger partial charge in [-0.1, -0.05) is 18.2 Å². The van der Waals surface area contributed by atoms with Crippen LogP contribution in [0.1, 0.15) is 16.7 Å². The molecule has 0 aliphatic carbocycles. The number of thiocarbonyl (C=S) groups is 1. The van der Waals surface area contributed by atoms with Crippen LogP contribution >= 0.6 is 12.2 Å². The Morgan fingerprint density at radius 3 is 2.29 bits per heavy atom. The number of benzene rings is 2. The number of nitrogens with one attached hydrogen (secondary N) is 1. The van der Waals surface area contributed by atoms with Crippen molar-refractivity contribution in [1.82, 2.24) is 5.32 Å². The second kappa shape index (κ2) is 6.45. The van der Waals surface area contributed by atoms with E-state index in [2.05, 4.69) is 11.4 Å². The number of nitrogens with zero attached hydrogens (tertiary/aromatic N) is 1. The van der Waals surface area contributed by atoms with E-state index in [0.29, 0.717) is 10.8 Å². The van der Waals surface area contributed by atoms with Gasteiger partial charge < -0.3 is 10.1 Å². The smallest absolute Gasteiger partial charge is 0.281 e. The highest BCUT2D eigenvalue weighted by molar-refractivity contribution is 7.80. The van der Waals surface area contributed by atoms with Gasteiger partial charge in [-0.25, -0.2) is 0 Å². The molecule has 1 aliphatic rings. The highest BCUT2D eigenvalue weighted by atomic mass is 32.1. The molecule has 1 fully saturated rings. The summed E-state index contributed by atoms with van der Waals surface area (Å²) in [6.07, 6.45) is 1.79. The largest absolute Gasteiger partial charge is 0.497 e. The predicted octanol–water partition coefficient (Wildman–Crippen LogP) is 3.57. The summed E-state index contributed by atoms with van der Waals surface area (Å²) in [7, 11) is 1.62. The zero-order chi connectivity index (χ0) is 17.3. The number of carbonyl (C=O) groups is 1. The third-order valence-corrected chi connectivity index (χ3v) is 4.05. The predicted molar refractivity (Wildman–Crippen MR) is 100 cm³/mol. The summed E-state index contributed by atoms with van der Waals surface area (Å²) in [5.74, 6) is 0.621. The lowest BCUT2D eigenvalue weighted by Gasteiger charge is -2.15. The molecule has 0 unspecified atom stereocenters. The molecule has 2 aromatic carbocycles. The van der Waals surface area contributed by atoms with Gasteiger partial charge in [0.1, 0.15) is 11.4 Å². The van der Waals surface area contributed by atoms with E-state index in [0.717, 1.165) is 28.1 Å². The molecule has 24 heavy (non-hydrogen) atoms. The Bertz CT molecular complexity index is 821. The number of hydrogen-bond donors (Lipinski definition) is 1. The van der Waals surface area contributed by atoms with E-state index in [-0.39, 0.29) is 5.91 Å². The van der Waals surface area contributed by atoms with Crippen LogP contribution in [0.25, 0.3) is 6.08 Å². The minimum atomic E-state index is -0.152. The van der Waals surface area contributed by atoms with E-state index in [1.54, 1.807) is 13.2 Å². The summed E-state index contributed by atoms with van der Waals surface area (Å²) in [6, 6.07) is 13.5. The molecule has 1 saturated heterocycles. The zero-order valence-corrected chi connectivity index (χ0v) is 14.6. The first-order valence-corrected chi connectivity index (χ1v) is 7.98. The van der Waals surface area contributed by atoms with Gasteiger partial charge in [0.05, 0.1) is 12.8 Å². The number of rotatable bonds is 3. The van der Waals surface area contributed by atoms with Crippen LogP contribution in [0.3, 0.4) is 0 Å². The monoisotopic (exact) mass is 338 g/mol. The van der Waals surface area contributed by atoms with Crippen LogP contribution < -0.4 is 15.0 Å². The standard InChI is InChI=1S/C19H18N2O2S/c1-12-8-13(2)10-15(9-12)21-18(22)17(20-19(21)24)11-14-4-6-16(23-3)7-5-14/h4-11H,1-3H3,(H,20,24)/b17-11-. The molecule has 1 aliphatic heterocycles. The molecular formula is C19H18N2O2S. The minimum Gasteiger partial charge on any atom is -0.497 e. The Labute approximate surface area is 146 Å². The number of amides is 1. The minimum absolute atomic E-state index is 0.152. The van der Waals surface area contributed by atoms with Gasteiger partial charge in [0.2, 0.25) is 0 Å². The SMILES string of the molecule is COc1ccc(/C=C2\NC(=S)N(c3cc(C)cc(C)c3)C2=O)cc1. The van der Waals surface area contributed by atoms with Crippen LogP contribution in [-0.4, -0.2) is 18.1 Å². The first kappa shape index (κ1) is 16.2. The average molecular weight is 338 g/mol. The number of ether oxygens (including phenoxy) is 1. The quantitative estimate of drug-likeness (QED) is 0.686. The van der Waals surface area contributed by atoms with Gasteiger partial charge in [-0.2, -0.15) is 0 Å². The second-order valence-electron chi connectivity index (χ2n) is 5.75. The molecule has 122 valence electrons. The molecule has 5 heteroatoms. The fourth-order valence-corrected chi connectivity index (χ4v) is 3.01. The van der Waals surface area contributed by atoms with Crippen molar-refractivity contribution < 1.29 is 9.53 Å². The first-order chi connectivity index (χ1) is 11.5. The highest BCUT2D eigenvalue weighted by Gasteiger charge is 2.32. The van der Waals surface area contributed by atoms with Crippen molar-refractivity contribution in [3.63, 3.8) is 0 Å². The van der Waals surface area contributed by atoms with Crippen molar-refractivity contribution in [2.45, 2.75) is 13.8 Å². The fraction of sp³-hybridized carbons (Fsp3) is 0.158. The Kier molecular flexibility index (Phi) is 4.36. The highest BCUT2D eigenvalue weighted by Crippen LogP contribution is 2.25. The second-order valence-corrected chi connectivity index (χ2v) is 6.13. The molecule has 0 aromatic heterocycles. The number of methoxy groups -OCH3 is 1. The number of carbonyl (C=O) groups excluding carboxylic acids is 1. The van der Waals surface area contributed by atoms with Gasteiger partial charge in [0.25, 0.3) is 5.91 Å². The molecule has 2 aromatic rings. The Morgan fingerprint density at radius 1 is 1.08 bits per heavy atom. The molecule has 1 amide bonds. The van der Waals surface area contributed by atoms with Gasteiger partial charge in [-0.15, -0.1) is 0 Å². The molecule has 0 radical (unpaired) electrons. The molecule has 0 saturated carbocycles. The zero-order valence-electron chi connectivity index (χ0n) is 13.8. The van der Waals surface area contributed by atoms with Gasteiger partial charge >= 0.3 is 0 Å². The normalized spacial score (nSPS) is 15.8. The van der Waals surface area contributed by atoms with Crippen LogP contribution in [0.15, 0.2) is 48.2 Å². The molecular weight excluding hydrogens is 320 g/mol. The summed E-state index contributed by atoms with van der Waals surface area (Å²) in [6.45, 7) is 4.00. The summed E-state index contributed by atoms with van der Waals surface area (Å²) < 4.78 is 5.14. The van der Waals surface area contributed by atoms with Crippen LogP contribution in [0, 0.1) is 13.8 Å². The van der Waals surface area contributed by atoms with Crippen LogP contribution in [0.2, 0.25) is 0 Å². The van der Waals surface area contributed by atoms with E-state index >= 15 is 0 Å². The molecule has 4 nitrogen and oxygen atoms in total. The van der Waals surface area contributed by atoms with Crippen molar-refractivity contribution in [2.24, 2.45) is 0 Å². The maximum absolute atomic E-state index is 12.7. The third kappa shape index (κ3) is 3.16. The van der Waals surface area contributed by atoms with Gasteiger partial charge in [0.15, 0.2) is 5.11 Å². The van der Waals surface area contributed by atoms with Gasteiger partial charge in [0, 0.05) is 0 Å². The molecule has 1 heterocycles. The maximum Gasteiger partial charge on any atom is 0.281 e. The summed E-state index contributed by atoms with van der Waals surface area (Å²) in [4.78, 5) is 14.3. The maximum atomic E-state index is 12.7. The van der Waals surface area contributed by atoms with Crippen molar-refractivity contribution >= 4 is 35.0 Å². The Balaban J connectivity index is 1.91. The summed E-state index contributed by atoms with van der Waals surface area (Å²) >= 11 is 5.35. The van der Waals surface area contributed by atoms with E-state index in [9.17, 15) is 4.79 Å². The number of aryl methyl sites for hydroxylation is 2. The van der Waals surface area contributed by atoms with E-state index in [1.165, 1.54) is 4.90 Å². The molecule has 1 N–H and O–H groups in total. The first-order valence-electron chi connectivity index (χ1n) is 7.57. The Hall–Kier alpha value is -2.66. The molecule has 0 bridgehead atoms. The molecule has 0 spiro atoms. The summed E-state index contributed by atoms with van der Waals surface area (Å²) in [5.41, 5.74) is 4.33. The van der Waals surface area contributed by atoms with E-state index < -0.39 is 0 Å². The fourth-order valence-electron chi connectivity index (χ4n) is 2.72. The lowest BCUT2D eigenvalue weighted by molar-refractivity contribution is -0.113. The van der Waals surface area contributed by atoms with Crippen LogP contribution in [0.4, 0.5) is 5.69 Å². The van der Waals surface area contributed by atoms with Crippen LogP contribution in [0.5, 0.6) is 5.75 Å². The van der Waals surface area contributed by atoms with Gasteiger partial charge in [-0.3, -0.25) is 9.69 Å². The van der Waals surface area contributed by atoms with Gasteiger partial charge in [-0.05, 0) is 73.1 Å². The number of anilines is 1. The molecule has 3 rings (SSSR count). The lowest BCUT2D eigenvalue weighted by atomic mass is 10.1. The Morgan fingerprint density at radius 2 is 1.71 bits per heavy atom. The lowest BCUT2D eigenvalue weighted by Crippen LogP contribution is -2.30. The van der Waals surface area contributed by atoms with Crippen LogP contribution in [-0.2, 0) is 4.79 Å². The third-order valence-electron chi connectivity index (χ3n) is 3.77. The topological polar surface area (TPSA) is 41.6 Å². The van der Waals surface area contributed by atoms with Crippen molar-refractivity contribution in [3.8, 4) is 5.75 Å².